The van der Waals surface area contributed by atoms with E-state index in [1.807, 2.05) is 26.8 Å². The number of aromatic nitrogens is 2. The van der Waals surface area contributed by atoms with Gasteiger partial charge < -0.3 is 5.43 Å². The molecule has 0 saturated carbocycles. The number of nitrogens with one attached hydrogen (secondary N) is 1. The van der Waals surface area contributed by atoms with E-state index in [0.29, 0.717) is 21.7 Å². The van der Waals surface area contributed by atoms with E-state index in [4.69, 9.17) is 29.0 Å². The first kappa shape index (κ1) is 16.4. The van der Waals surface area contributed by atoms with Crippen LogP contribution in [0.15, 0.2) is 34.2 Å². The maximum Gasteiger partial charge on any atom is 0.144 e. The molecule has 0 amide bonds. The Balaban J connectivity index is 2.42. The number of halogens is 2. The average Bonchev–Trinajstić information content (AvgIpc) is 2.41. The number of anilines is 1. The summed E-state index contributed by atoms with van der Waals surface area (Å²) in [5, 5.41) is 2.01. The largest absolute Gasteiger partial charge is 0.308 e. The molecule has 1 heterocycles. The van der Waals surface area contributed by atoms with Crippen molar-refractivity contribution in [2.75, 3.05) is 5.43 Å². The second-order valence-corrected chi connectivity index (χ2v) is 7.39. The topological polar surface area (TPSA) is 63.8 Å². The van der Waals surface area contributed by atoms with Gasteiger partial charge in [0.15, 0.2) is 0 Å². The summed E-state index contributed by atoms with van der Waals surface area (Å²) in [6.45, 7) is 6.14. The van der Waals surface area contributed by atoms with Crippen LogP contribution < -0.4 is 11.3 Å². The molecule has 0 spiro atoms. The summed E-state index contributed by atoms with van der Waals surface area (Å²) in [5.41, 5.74) is 2.39. The second-order valence-electron chi connectivity index (χ2n) is 5.49. The van der Waals surface area contributed by atoms with E-state index in [1.165, 1.54) is 11.8 Å². The van der Waals surface area contributed by atoms with Gasteiger partial charge in [0, 0.05) is 21.4 Å². The third kappa shape index (κ3) is 4.23. The zero-order valence-electron chi connectivity index (χ0n) is 11.9. The maximum atomic E-state index is 6.19. The molecule has 1 aromatic heterocycles. The molecule has 7 heteroatoms. The monoisotopic (exact) mass is 342 g/mol. The van der Waals surface area contributed by atoms with Crippen LogP contribution in [0.25, 0.3) is 0 Å². The van der Waals surface area contributed by atoms with Crippen LogP contribution in [0.1, 0.15) is 26.6 Å². The van der Waals surface area contributed by atoms with Gasteiger partial charge in [-0.15, -0.1) is 0 Å². The average molecular weight is 343 g/mol. The molecule has 0 fully saturated rings. The summed E-state index contributed by atoms with van der Waals surface area (Å²) in [7, 11) is 0. The van der Waals surface area contributed by atoms with Crippen LogP contribution in [0.5, 0.6) is 0 Å². The van der Waals surface area contributed by atoms with E-state index < -0.39 is 0 Å². The molecule has 0 aliphatic rings. The fourth-order valence-corrected chi connectivity index (χ4v) is 2.90. The Morgan fingerprint density at radius 1 is 1.14 bits per heavy atom. The minimum absolute atomic E-state index is 0.180. The quantitative estimate of drug-likeness (QED) is 0.487. The minimum Gasteiger partial charge on any atom is -0.308 e. The summed E-state index contributed by atoms with van der Waals surface area (Å²) < 4.78 is 0. The van der Waals surface area contributed by atoms with Gasteiger partial charge in [-0.1, -0.05) is 55.7 Å². The van der Waals surface area contributed by atoms with E-state index in [2.05, 4.69) is 15.4 Å². The molecule has 2 aromatic rings. The molecule has 1 aromatic carbocycles. The van der Waals surface area contributed by atoms with Crippen molar-refractivity contribution in [3.63, 3.8) is 0 Å². The summed E-state index contributed by atoms with van der Waals surface area (Å²) >= 11 is 13.6. The lowest BCUT2D eigenvalue weighted by molar-refractivity contribution is 0.539. The highest BCUT2D eigenvalue weighted by Gasteiger charge is 2.19. The van der Waals surface area contributed by atoms with Gasteiger partial charge in [0.2, 0.25) is 0 Å². The number of hydrazine groups is 1. The van der Waals surface area contributed by atoms with Crippen molar-refractivity contribution >= 4 is 40.8 Å². The van der Waals surface area contributed by atoms with Gasteiger partial charge in [-0.25, -0.2) is 15.8 Å². The van der Waals surface area contributed by atoms with Gasteiger partial charge >= 0.3 is 0 Å². The van der Waals surface area contributed by atoms with Crippen molar-refractivity contribution in [3.05, 3.63) is 40.1 Å². The van der Waals surface area contributed by atoms with Crippen molar-refractivity contribution in [3.8, 4) is 0 Å². The molecule has 0 aliphatic carbocycles. The highest BCUT2D eigenvalue weighted by molar-refractivity contribution is 7.99. The molecule has 0 aliphatic heterocycles. The molecule has 0 saturated heterocycles. The first-order chi connectivity index (χ1) is 9.79. The van der Waals surface area contributed by atoms with E-state index in [1.54, 1.807) is 18.2 Å². The predicted molar refractivity (Wildman–Crippen MR) is 89.1 cm³/mol. The predicted octanol–water partition coefficient (Wildman–Crippen LogP) is 4.52. The lowest BCUT2D eigenvalue weighted by Gasteiger charge is -2.18. The Bertz CT molecular complexity index is 656. The van der Waals surface area contributed by atoms with E-state index >= 15 is 0 Å². The number of nitrogens with two attached hydrogens (primary N) is 1. The number of rotatable bonds is 3. The number of benzene rings is 1. The lowest BCUT2D eigenvalue weighted by atomic mass is 9.96. The Labute approximate surface area is 138 Å². The van der Waals surface area contributed by atoms with E-state index in [-0.39, 0.29) is 5.41 Å². The van der Waals surface area contributed by atoms with Gasteiger partial charge in [-0.2, -0.15) is 0 Å². The third-order valence-corrected chi connectivity index (χ3v) is 4.28. The third-order valence-electron chi connectivity index (χ3n) is 2.63. The molecule has 2 rings (SSSR count). The van der Waals surface area contributed by atoms with Crippen molar-refractivity contribution in [2.24, 2.45) is 5.84 Å². The van der Waals surface area contributed by atoms with Crippen LogP contribution in [-0.2, 0) is 5.41 Å². The molecule has 0 atom stereocenters. The van der Waals surface area contributed by atoms with E-state index in [9.17, 15) is 0 Å². The van der Waals surface area contributed by atoms with Crippen molar-refractivity contribution in [1.29, 1.82) is 0 Å². The van der Waals surface area contributed by atoms with Crippen LogP contribution in [0.4, 0.5) is 5.82 Å². The van der Waals surface area contributed by atoms with Crippen LogP contribution >= 0.6 is 35.0 Å². The van der Waals surface area contributed by atoms with Gasteiger partial charge in [-0.05, 0) is 18.2 Å². The van der Waals surface area contributed by atoms with Gasteiger partial charge in [0.05, 0.1) is 5.02 Å². The molecule has 0 unspecified atom stereocenters. The van der Waals surface area contributed by atoms with Crippen molar-refractivity contribution in [1.82, 2.24) is 9.97 Å². The zero-order chi connectivity index (χ0) is 15.6. The molecule has 112 valence electrons. The fourth-order valence-electron chi connectivity index (χ4n) is 1.55. The Morgan fingerprint density at radius 2 is 1.86 bits per heavy atom. The summed E-state index contributed by atoms with van der Waals surface area (Å²) in [5.74, 6) is 6.75. The van der Waals surface area contributed by atoms with Gasteiger partial charge in [-0.3, -0.25) is 0 Å². The maximum absolute atomic E-state index is 6.19. The van der Waals surface area contributed by atoms with Crippen LogP contribution in [-0.4, -0.2) is 9.97 Å². The standard InChI is InChI=1S/C14H16Cl2N4S/c1-14(2,3)13-18-11(20-17)7-12(19-13)21-10-6-8(15)4-5-9(10)16/h4-7H,17H2,1-3H3,(H,18,19,20). The first-order valence-electron chi connectivity index (χ1n) is 6.28. The molecular formula is C14H16Cl2N4S. The number of nitrogen functional groups attached to an aromatic ring is 1. The van der Waals surface area contributed by atoms with Gasteiger partial charge in [0.1, 0.15) is 16.7 Å². The highest BCUT2D eigenvalue weighted by atomic mass is 35.5. The van der Waals surface area contributed by atoms with Crippen LogP contribution in [0, 0.1) is 0 Å². The Hall–Kier alpha value is -1.01. The van der Waals surface area contributed by atoms with Crippen molar-refractivity contribution < 1.29 is 0 Å². The Morgan fingerprint density at radius 3 is 2.48 bits per heavy atom. The first-order valence-corrected chi connectivity index (χ1v) is 7.86. The smallest absolute Gasteiger partial charge is 0.144 e. The van der Waals surface area contributed by atoms with Crippen molar-refractivity contribution in [2.45, 2.75) is 36.1 Å². The molecule has 21 heavy (non-hydrogen) atoms. The molecule has 4 nitrogen and oxygen atoms in total. The molecular weight excluding hydrogens is 327 g/mol. The van der Waals surface area contributed by atoms with Crippen LogP contribution in [0.3, 0.4) is 0 Å². The summed E-state index contributed by atoms with van der Waals surface area (Å²) in [4.78, 5) is 9.80. The van der Waals surface area contributed by atoms with E-state index in [0.717, 1.165) is 9.92 Å². The Kier molecular flexibility index (Phi) is 4.99. The molecule has 0 bridgehead atoms. The van der Waals surface area contributed by atoms with Crippen LogP contribution in [0.2, 0.25) is 10.0 Å². The normalized spacial score (nSPS) is 11.5. The number of hydrogen-bond donors (Lipinski definition) is 2. The highest BCUT2D eigenvalue weighted by Crippen LogP contribution is 2.35. The number of nitrogens with zero attached hydrogens (tertiary/aromatic N) is 2. The fraction of sp³-hybridized carbons (Fsp3) is 0.286. The minimum atomic E-state index is -0.180. The summed E-state index contributed by atoms with van der Waals surface area (Å²) in [6.07, 6.45) is 0. The zero-order valence-corrected chi connectivity index (χ0v) is 14.3. The number of hydrogen-bond acceptors (Lipinski definition) is 5. The SMILES string of the molecule is CC(C)(C)c1nc(NN)cc(Sc2cc(Cl)ccc2Cl)n1. The molecule has 0 radical (unpaired) electrons. The second kappa shape index (κ2) is 6.40. The molecule has 3 N–H and O–H groups in total. The van der Waals surface area contributed by atoms with Gasteiger partial charge in [0.25, 0.3) is 0 Å². The lowest BCUT2D eigenvalue weighted by Crippen LogP contribution is -2.19. The summed E-state index contributed by atoms with van der Waals surface area (Å²) in [6, 6.07) is 7.10.